The van der Waals surface area contributed by atoms with Crippen molar-refractivity contribution < 1.29 is 14.3 Å². The largest absolute Gasteiger partial charge is 0.497 e. The highest BCUT2D eigenvalue weighted by molar-refractivity contribution is 8.00. The van der Waals surface area contributed by atoms with Crippen molar-refractivity contribution in [2.24, 2.45) is 0 Å². The maximum Gasteiger partial charge on any atom is 0.242 e. The smallest absolute Gasteiger partial charge is 0.242 e. The maximum atomic E-state index is 12.5. The first-order chi connectivity index (χ1) is 11.7. The second-order valence-corrected chi connectivity index (χ2v) is 6.94. The number of amides is 2. The molecular formula is C17H23N3O3S. The molecule has 2 amide bonds. The molecule has 24 heavy (non-hydrogen) atoms. The molecule has 130 valence electrons. The number of anilines is 1. The van der Waals surface area contributed by atoms with Gasteiger partial charge in [0, 0.05) is 31.9 Å². The van der Waals surface area contributed by atoms with E-state index in [1.165, 1.54) is 0 Å². The van der Waals surface area contributed by atoms with E-state index in [2.05, 4.69) is 17.0 Å². The predicted octanol–water partition coefficient (Wildman–Crippen LogP) is 1.27. The Balaban J connectivity index is 1.55. The molecule has 0 aromatic heterocycles. The normalized spacial score (nSPS) is 18.7. The van der Waals surface area contributed by atoms with Crippen molar-refractivity contribution in [2.45, 2.75) is 6.42 Å². The predicted molar refractivity (Wildman–Crippen MR) is 95.4 cm³/mol. The van der Waals surface area contributed by atoms with Crippen LogP contribution in [-0.2, 0) is 9.59 Å². The van der Waals surface area contributed by atoms with Crippen LogP contribution in [0.4, 0.5) is 5.69 Å². The summed E-state index contributed by atoms with van der Waals surface area (Å²) in [5.41, 5.74) is 1.15. The summed E-state index contributed by atoms with van der Waals surface area (Å²) in [6, 6.07) is 8.02. The summed E-state index contributed by atoms with van der Waals surface area (Å²) in [7, 11) is 1.66. The second-order valence-electron chi connectivity index (χ2n) is 5.99. The number of carbonyl (C=O) groups excluding carboxylic acids is 2. The van der Waals surface area contributed by atoms with Gasteiger partial charge in [0.05, 0.1) is 18.7 Å². The van der Waals surface area contributed by atoms with Crippen molar-refractivity contribution in [1.82, 2.24) is 9.80 Å². The molecule has 2 saturated heterocycles. The minimum atomic E-state index is 0.0578. The van der Waals surface area contributed by atoms with Crippen LogP contribution in [0.25, 0.3) is 0 Å². The molecule has 2 aliphatic rings. The summed E-state index contributed by atoms with van der Waals surface area (Å²) in [6.45, 7) is 3.39. The van der Waals surface area contributed by atoms with Crippen LogP contribution in [0.1, 0.15) is 6.42 Å². The number of thioether (sulfide) groups is 1. The zero-order chi connectivity index (χ0) is 16.9. The third kappa shape index (κ3) is 3.95. The van der Waals surface area contributed by atoms with Gasteiger partial charge in [-0.05, 0) is 30.7 Å². The van der Waals surface area contributed by atoms with E-state index < -0.39 is 0 Å². The monoisotopic (exact) mass is 349 g/mol. The van der Waals surface area contributed by atoms with Crippen molar-refractivity contribution in [1.29, 1.82) is 0 Å². The van der Waals surface area contributed by atoms with Crippen molar-refractivity contribution >= 4 is 29.3 Å². The standard InChI is InChI=1S/C17H23N3O3S/c1-23-15-5-3-14(4-6-15)18-7-2-8-19(10-9-18)16(21)11-20-13-24-12-17(20)22/h3-6H,2,7-13H2,1H3. The van der Waals surface area contributed by atoms with Crippen LogP contribution in [0.3, 0.4) is 0 Å². The lowest BCUT2D eigenvalue weighted by Crippen LogP contribution is -2.42. The number of hydrogen-bond donors (Lipinski definition) is 0. The Bertz CT molecular complexity index is 593. The fourth-order valence-electron chi connectivity index (χ4n) is 3.02. The van der Waals surface area contributed by atoms with E-state index >= 15 is 0 Å². The van der Waals surface area contributed by atoms with Gasteiger partial charge in [0.25, 0.3) is 0 Å². The number of rotatable bonds is 4. The molecule has 1 aromatic carbocycles. The molecule has 3 rings (SSSR count). The number of benzene rings is 1. The van der Waals surface area contributed by atoms with Crippen LogP contribution in [0, 0.1) is 0 Å². The summed E-state index contributed by atoms with van der Waals surface area (Å²) in [5, 5.41) is 0. The Morgan fingerprint density at radius 3 is 2.62 bits per heavy atom. The van der Waals surface area contributed by atoms with Crippen LogP contribution in [0.5, 0.6) is 5.75 Å². The molecule has 2 heterocycles. The quantitative estimate of drug-likeness (QED) is 0.819. The van der Waals surface area contributed by atoms with E-state index in [0.29, 0.717) is 18.2 Å². The van der Waals surface area contributed by atoms with Crippen LogP contribution >= 0.6 is 11.8 Å². The minimum Gasteiger partial charge on any atom is -0.497 e. The highest BCUT2D eigenvalue weighted by Crippen LogP contribution is 2.21. The molecule has 0 N–H and O–H groups in total. The molecular weight excluding hydrogens is 326 g/mol. The summed E-state index contributed by atoms with van der Waals surface area (Å²) in [5.74, 6) is 2.11. The zero-order valence-corrected chi connectivity index (χ0v) is 14.8. The van der Waals surface area contributed by atoms with Gasteiger partial charge >= 0.3 is 0 Å². The molecule has 0 radical (unpaired) electrons. The molecule has 0 saturated carbocycles. The number of methoxy groups -OCH3 is 1. The van der Waals surface area contributed by atoms with Gasteiger partial charge < -0.3 is 19.4 Å². The Morgan fingerprint density at radius 2 is 1.96 bits per heavy atom. The molecule has 0 atom stereocenters. The first kappa shape index (κ1) is 17.0. The van der Waals surface area contributed by atoms with E-state index in [9.17, 15) is 9.59 Å². The fraction of sp³-hybridized carbons (Fsp3) is 0.529. The lowest BCUT2D eigenvalue weighted by Gasteiger charge is -2.25. The van der Waals surface area contributed by atoms with E-state index in [4.69, 9.17) is 4.74 Å². The van der Waals surface area contributed by atoms with Crippen LogP contribution in [0.2, 0.25) is 0 Å². The third-order valence-electron chi connectivity index (χ3n) is 4.44. The van der Waals surface area contributed by atoms with Gasteiger partial charge in [0.2, 0.25) is 11.8 Å². The summed E-state index contributed by atoms with van der Waals surface area (Å²) in [6.07, 6.45) is 0.931. The fourth-order valence-corrected chi connectivity index (χ4v) is 3.93. The number of carbonyl (C=O) groups is 2. The summed E-state index contributed by atoms with van der Waals surface area (Å²) >= 11 is 1.57. The molecule has 2 aliphatic heterocycles. The molecule has 0 bridgehead atoms. The van der Waals surface area contributed by atoms with Gasteiger partial charge in [-0.25, -0.2) is 0 Å². The zero-order valence-electron chi connectivity index (χ0n) is 13.9. The van der Waals surface area contributed by atoms with E-state index in [1.807, 2.05) is 17.0 Å². The van der Waals surface area contributed by atoms with E-state index in [0.717, 1.165) is 37.5 Å². The van der Waals surface area contributed by atoms with Gasteiger partial charge in [0.15, 0.2) is 0 Å². The Labute approximate surface area is 146 Å². The van der Waals surface area contributed by atoms with Gasteiger partial charge in [-0.3, -0.25) is 9.59 Å². The Morgan fingerprint density at radius 1 is 1.17 bits per heavy atom. The van der Waals surface area contributed by atoms with Gasteiger partial charge in [-0.2, -0.15) is 0 Å². The molecule has 6 nitrogen and oxygen atoms in total. The topological polar surface area (TPSA) is 53.1 Å². The number of hydrogen-bond acceptors (Lipinski definition) is 5. The van der Waals surface area contributed by atoms with Crippen LogP contribution in [0.15, 0.2) is 24.3 Å². The Kier molecular flexibility index (Phi) is 5.50. The molecule has 0 spiro atoms. The molecule has 1 aromatic rings. The average Bonchev–Trinajstić information content (AvgIpc) is 2.87. The number of ether oxygens (including phenoxy) is 1. The van der Waals surface area contributed by atoms with Gasteiger partial charge in [0.1, 0.15) is 12.3 Å². The van der Waals surface area contributed by atoms with Crippen LogP contribution in [-0.4, -0.2) is 73.1 Å². The SMILES string of the molecule is COc1ccc(N2CCCN(C(=O)CN3CSCC3=O)CC2)cc1. The van der Waals surface area contributed by atoms with Crippen molar-refractivity contribution in [2.75, 3.05) is 56.4 Å². The van der Waals surface area contributed by atoms with Crippen molar-refractivity contribution in [3.05, 3.63) is 24.3 Å². The van der Waals surface area contributed by atoms with Crippen LogP contribution < -0.4 is 9.64 Å². The van der Waals surface area contributed by atoms with E-state index in [1.54, 1.807) is 23.8 Å². The van der Waals surface area contributed by atoms with Crippen molar-refractivity contribution in [3.8, 4) is 5.75 Å². The van der Waals surface area contributed by atoms with Gasteiger partial charge in [-0.15, -0.1) is 11.8 Å². The molecule has 7 heteroatoms. The number of nitrogens with zero attached hydrogens (tertiary/aromatic N) is 3. The average molecular weight is 349 g/mol. The minimum absolute atomic E-state index is 0.0578. The highest BCUT2D eigenvalue weighted by Gasteiger charge is 2.26. The Hall–Kier alpha value is -1.89. The molecule has 0 unspecified atom stereocenters. The van der Waals surface area contributed by atoms with E-state index in [-0.39, 0.29) is 18.4 Å². The van der Waals surface area contributed by atoms with Gasteiger partial charge in [-0.1, -0.05) is 0 Å². The lowest BCUT2D eigenvalue weighted by molar-refractivity contribution is -0.137. The summed E-state index contributed by atoms with van der Waals surface area (Å²) in [4.78, 5) is 30.0. The maximum absolute atomic E-state index is 12.5. The third-order valence-corrected chi connectivity index (χ3v) is 5.38. The highest BCUT2D eigenvalue weighted by atomic mass is 32.2. The molecule has 0 aliphatic carbocycles. The molecule has 2 fully saturated rings. The van der Waals surface area contributed by atoms with Crippen molar-refractivity contribution in [3.63, 3.8) is 0 Å². The summed E-state index contributed by atoms with van der Waals surface area (Å²) < 4.78 is 5.20. The first-order valence-corrected chi connectivity index (χ1v) is 9.35. The lowest BCUT2D eigenvalue weighted by atomic mass is 10.2. The second kappa shape index (κ2) is 7.79. The first-order valence-electron chi connectivity index (χ1n) is 8.19.